The van der Waals surface area contributed by atoms with Crippen molar-refractivity contribution in [1.82, 2.24) is 0 Å². The van der Waals surface area contributed by atoms with Gasteiger partial charge in [-0.2, -0.15) is 0 Å². The molecule has 0 aliphatic carbocycles. The molecule has 2 aromatic carbocycles. The highest BCUT2D eigenvalue weighted by Crippen LogP contribution is 2.02. The van der Waals surface area contributed by atoms with Gasteiger partial charge in [-0.15, -0.1) is 0 Å². The minimum absolute atomic E-state index is 0.420. The van der Waals surface area contributed by atoms with Crippen LogP contribution >= 0.6 is 0 Å². The zero-order valence-corrected chi connectivity index (χ0v) is 9.98. The summed E-state index contributed by atoms with van der Waals surface area (Å²) in [7, 11) is -0.420. The van der Waals surface area contributed by atoms with Gasteiger partial charge in [0.25, 0.3) is 0 Å². The van der Waals surface area contributed by atoms with Crippen LogP contribution in [0, 0.1) is 0 Å². The lowest BCUT2D eigenvalue weighted by atomic mass is 10.2. The molecule has 0 nitrogen and oxygen atoms in total. The van der Waals surface area contributed by atoms with Crippen LogP contribution in [-0.4, -0.2) is 8.80 Å². The molecule has 0 aromatic heterocycles. The molecular formula is C14H15Si. The Bertz CT molecular complexity index is 394. The van der Waals surface area contributed by atoms with Crippen molar-refractivity contribution in [2.45, 2.75) is 12.6 Å². The molecule has 0 aliphatic heterocycles. The van der Waals surface area contributed by atoms with Gasteiger partial charge in [0.2, 0.25) is 0 Å². The molecule has 0 fully saturated rings. The Kier molecular flexibility index (Phi) is 3.35. The average molecular weight is 211 g/mol. The normalized spacial score (nSPS) is 10.5. The molecule has 2 aromatic rings. The summed E-state index contributed by atoms with van der Waals surface area (Å²) in [6, 6.07) is 22.8. The molecule has 0 saturated heterocycles. The number of rotatable bonds is 3. The molecule has 75 valence electrons. The fourth-order valence-electron chi connectivity index (χ4n) is 1.73. The fourth-order valence-corrected chi connectivity index (χ4v) is 3.54. The Morgan fingerprint density at radius 3 is 1.93 bits per heavy atom. The van der Waals surface area contributed by atoms with Crippen molar-refractivity contribution in [3.8, 4) is 0 Å². The van der Waals surface area contributed by atoms with Crippen LogP contribution in [0.5, 0.6) is 0 Å². The van der Waals surface area contributed by atoms with Crippen LogP contribution in [0.2, 0.25) is 6.55 Å². The van der Waals surface area contributed by atoms with Crippen molar-refractivity contribution in [3.63, 3.8) is 0 Å². The van der Waals surface area contributed by atoms with E-state index in [0.29, 0.717) is 0 Å². The Hall–Kier alpha value is -1.34. The van der Waals surface area contributed by atoms with Gasteiger partial charge < -0.3 is 0 Å². The molecule has 0 unspecified atom stereocenters. The third-order valence-corrected chi connectivity index (χ3v) is 4.84. The van der Waals surface area contributed by atoms with Gasteiger partial charge in [-0.3, -0.25) is 0 Å². The molecule has 15 heavy (non-hydrogen) atoms. The highest BCUT2D eigenvalue weighted by atomic mass is 28.3. The lowest BCUT2D eigenvalue weighted by molar-refractivity contribution is 1.36. The maximum absolute atomic E-state index is 2.38. The van der Waals surface area contributed by atoms with Crippen LogP contribution < -0.4 is 5.19 Å². The van der Waals surface area contributed by atoms with Crippen molar-refractivity contribution >= 4 is 14.0 Å². The molecule has 0 N–H and O–H groups in total. The predicted molar refractivity (Wildman–Crippen MR) is 67.8 cm³/mol. The molecule has 0 spiro atoms. The molecule has 0 atom stereocenters. The van der Waals surface area contributed by atoms with Crippen molar-refractivity contribution in [1.29, 1.82) is 0 Å². The average Bonchev–Trinajstić information content (AvgIpc) is 2.31. The van der Waals surface area contributed by atoms with E-state index in [4.69, 9.17) is 0 Å². The van der Waals surface area contributed by atoms with E-state index in [0.717, 1.165) is 0 Å². The van der Waals surface area contributed by atoms with E-state index in [2.05, 4.69) is 67.2 Å². The van der Waals surface area contributed by atoms with Gasteiger partial charge >= 0.3 is 0 Å². The zero-order chi connectivity index (χ0) is 10.5. The quantitative estimate of drug-likeness (QED) is 0.685. The molecule has 0 bridgehead atoms. The third kappa shape index (κ3) is 2.80. The largest absolute Gasteiger partial charge is 0.0869 e. The Morgan fingerprint density at radius 1 is 0.800 bits per heavy atom. The van der Waals surface area contributed by atoms with Gasteiger partial charge in [0, 0.05) is 0 Å². The maximum Gasteiger partial charge on any atom is 0.0869 e. The van der Waals surface area contributed by atoms with Crippen LogP contribution in [-0.2, 0) is 6.04 Å². The van der Waals surface area contributed by atoms with Gasteiger partial charge in [-0.1, -0.05) is 78.0 Å². The van der Waals surface area contributed by atoms with Gasteiger partial charge in [0.05, 0.1) is 8.80 Å². The third-order valence-electron chi connectivity index (χ3n) is 2.58. The van der Waals surface area contributed by atoms with E-state index >= 15 is 0 Å². The van der Waals surface area contributed by atoms with Gasteiger partial charge in [0.15, 0.2) is 0 Å². The van der Waals surface area contributed by atoms with Crippen molar-refractivity contribution in [2.24, 2.45) is 0 Å². The summed E-state index contributed by atoms with van der Waals surface area (Å²) in [4.78, 5) is 0. The van der Waals surface area contributed by atoms with E-state index in [1.54, 1.807) is 0 Å². The summed E-state index contributed by atoms with van der Waals surface area (Å²) in [6.45, 7) is 2.38. The minimum atomic E-state index is -0.420. The summed E-state index contributed by atoms with van der Waals surface area (Å²) in [5.74, 6) is 0. The maximum atomic E-state index is 2.38. The standard InChI is InChI=1S/C14H15Si/c1-15(14-10-6-3-7-11-14)12-13-8-4-2-5-9-13/h2-11H,12H2,1H3. The Labute approximate surface area is 93.2 Å². The van der Waals surface area contributed by atoms with Gasteiger partial charge in [0.1, 0.15) is 0 Å². The highest BCUT2D eigenvalue weighted by Gasteiger charge is 2.07. The second kappa shape index (κ2) is 4.94. The first-order valence-corrected chi connectivity index (χ1v) is 7.49. The minimum Gasteiger partial charge on any atom is -0.0666 e. The topological polar surface area (TPSA) is 0 Å². The first-order chi connectivity index (χ1) is 7.36. The first kappa shape index (κ1) is 10.2. The molecule has 0 aliphatic rings. The van der Waals surface area contributed by atoms with E-state index in [1.165, 1.54) is 16.8 Å². The molecule has 1 heteroatoms. The molecule has 0 heterocycles. The van der Waals surface area contributed by atoms with Crippen LogP contribution in [0.25, 0.3) is 0 Å². The first-order valence-electron chi connectivity index (χ1n) is 5.28. The summed E-state index contributed by atoms with van der Waals surface area (Å²) in [6.07, 6.45) is 0. The van der Waals surface area contributed by atoms with E-state index < -0.39 is 8.80 Å². The number of hydrogen-bond acceptors (Lipinski definition) is 0. The molecule has 2 rings (SSSR count). The predicted octanol–water partition coefficient (Wildman–Crippen LogP) is 2.80. The summed E-state index contributed by atoms with van der Waals surface area (Å²) in [5, 5.41) is 1.52. The second-order valence-corrected chi connectivity index (χ2v) is 6.30. The number of hydrogen-bond donors (Lipinski definition) is 0. The van der Waals surface area contributed by atoms with Crippen molar-refractivity contribution in [2.75, 3.05) is 0 Å². The summed E-state index contributed by atoms with van der Waals surface area (Å²) < 4.78 is 0. The smallest absolute Gasteiger partial charge is 0.0666 e. The lowest BCUT2D eigenvalue weighted by Crippen LogP contribution is -2.28. The van der Waals surface area contributed by atoms with Crippen LogP contribution in [0.3, 0.4) is 0 Å². The van der Waals surface area contributed by atoms with Crippen molar-refractivity contribution < 1.29 is 0 Å². The number of benzene rings is 2. The molecule has 0 saturated carbocycles. The summed E-state index contributed by atoms with van der Waals surface area (Å²) >= 11 is 0. The molecular weight excluding hydrogens is 196 g/mol. The Morgan fingerprint density at radius 2 is 1.33 bits per heavy atom. The van der Waals surface area contributed by atoms with Gasteiger partial charge in [-0.25, -0.2) is 0 Å². The van der Waals surface area contributed by atoms with Crippen LogP contribution in [0.4, 0.5) is 0 Å². The zero-order valence-electron chi connectivity index (χ0n) is 8.98. The van der Waals surface area contributed by atoms with Crippen LogP contribution in [0.15, 0.2) is 60.7 Å². The fraction of sp³-hybridized carbons (Fsp3) is 0.143. The summed E-state index contributed by atoms with van der Waals surface area (Å²) in [5.41, 5.74) is 1.46. The SMILES string of the molecule is C[Si](Cc1ccccc1)c1ccccc1. The van der Waals surface area contributed by atoms with E-state index in [-0.39, 0.29) is 0 Å². The molecule has 1 radical (unpaired) electrons. The monoisotopic (exact) mass is 211 g/mol. The highest BCUT2D eigenvalue weighted by molar-refractivity contribution is 6.71. The second-order valence-electron chi connectivity index (χ2n) is 3.81. The van der Waals surface area contributed by atoms with E-state index in [9.17, 15) is 0 Å². The molecule has 0 amide bonds. The van der Waals surface area contributed by atoms with Crippen LogP contribution in [0.1, 0.15) is 5.56 Å². The van der Waals surface area contributed by atoms with E-state index in [1.807, 2.05) is 0 Å². The van der Waals surface area contributed by atoms with Gasteiger partial charge in [-0.05, 0) is 6.04 Å². The van der Waals surface area contributed by atoms with Crippen molar-refractivity contribution in [3.05, 3.63) is 66.2 Å². The Balaban J connectivity index is 2.08. The lowest BCUT2D eigenvalue weighted by Gasteiger charge is -2.09.